The van der Waals surface area contributed by atoms with Gasteiger partial charge in [0, 0.05) is 12.2 Å². The highest BCUT2D eigenvalue weighted by Gasteiger charge is 2.14. The van der Waals surface area contributed by atoms with Gasteiger partial charge in [0.2, 0.25) is 0 Å². The quantitative estimate of drug-likeness (QED) is 0.802. The van der Waals surface area contributed by atoms with Gasteiger partial charge in [-0.15, -0.1) is 0 Å². The Morgan fingerprint density at radius 1 is 1.43 bits per heavy atom. The lowest BCUT2D eigenvalue weighted by Gasteiger charge is -2.24. The molecular weight excluding hydrogens is 174 g/mol. The van der Waals surface area contributed by atoms with E-state index in [2.05, 4.69) is 43.0 Å². The first-order valence-electron chi connectivity index (χ1n) is 5.00. The van der Waals surface area contributed by atoms with Crippen molar-refractivity contribution >= 4 is 5.82 Å². The minimum Gasteiger partial charge on any atom is -0.368 e. The third-order valence-electron chi connectivity index (χ3n) is 1.89. The number of hydrogen-bond acceptors (Lipinski definition) is 3. The maximum absolute atomic E-state index is 4.13. The molecular formula is C11H19N3. The van der Waals surface area contributed by atoms with Gasteiger partial charge in [0.25, 0.3) is 0 Å². The van der Waals surface area contributed by atoms with Crippen LogP contribution in [-0.2, 0) is 0 Å². The number of aromatic nitrogens is 2. The second kappa shape index (κ2) is 4.40. The van der Waals surface area contributed by atoms with Crippen LogP contribution in [0.2, 0.25) is 0 Å². The number of nitrogens with one attached hydrogen (secondary N) is 1. The Balaban J connectivity index is 2.46. The fraction of sp³-hybridized carbons (Fsp3) is 0.636. The molecule has 0 aliphatic carbocycles. The zero-order chi connectivity index (χ0) is 10.6. The van der Waals surface area contributed by atoms with E-state index >= 15 is 0 Å². The fourth-order valence-electron chi connectivity index (χ4n) is 1.60. The first kappa shape index (κ1) is 11.0. The van der Waals surface area contributed by atoms with Gasteiger partial charge < -0.3 is 5.32 Å². The maximum atomic E-state index is 4.13. The van der Waals surface area contributed by atoms with Crippen LogP contribution in [-0.4, -0.2) is 16.0 Å². The summed E-state index contributed by atoms with van der Waals surface area (Å²) in [6.07, 6.45) is 4.43. The van der Waals surface area contributed by atoms with Gasteiger partial charge in [-0.1, -0.05) is 20.8 Å². The Kier molecular flexibility index (Phi) is 3.44. The monoisotopic (exact) mass is 193 g/mol. The van der Waals surface area contributed by atoms with Gasteiger partial charge in [-0.05, 0) is 24.8 Å². The lowest BCUT2D eigenvalue weighted by atomic mass is 9.89. The van der Waals surface area contributed by atoms with Crippen molar-refractivity contribution in [3.05, 3.63) is 18.6 Å². The summed E-state index contributed by atoms with van der Waals surface area (Å²) in [6, 6.07) is 2.32. The van der Waals surface area contributed by atoms with E-state index in [1.165, 1.54) is 0 Å². The van der Waals surface area contributed by atoms with Crippen molar-refractivity contribution < 1.29 is 0 Å². The normalized spacial score (nSPS) is 13.7. The van der Waals surface area contributed by atoms with Crippen LogP contribution in [0.5, 0.6) is 0 Å². The summed E-state index contributed by atoms with van der Waals surface area (Å²) in [4.78, 5) is 8.00. The van der Waals surface area contributed by atoms with Crippen LogP contribution in [0.3, 0.4) is 0 Å². The molecule has 0 saturated carbocycles. The van der Waals surface area contributed by atoms with E-state index in [9.17, 15) is 0 Å². The molecule has 14 heavy (non-hydrogen) atoms. The first-order chi connectivity index (χ1) is 6.47. The van der Waals surface area contributed by atoms with Crippen molar-refractivity contribution in [2.45, 2.75) is 40.2 Å². The average Bonchev–Trinajstić information content (AvgIpc) is 2.02. The van der Waals surface area contributed by atoms with Crippen LogP contribution >= 0.6 is 0 Å². The molecule has 1 N–H and O–H groups in total. The molecule has 0 aliphatic heterocycles. The molecule has 0 amide bonds. The SMILES string of the molecule is CC(CC(C)(C)C)Nc1ccncn1. The Hall–Kier alpha value is -1.12. The van der Waals surface area contributed by atoms with E-state index < -0.39 is 0 Å². The number of nitrogens with zero attached hydrogens (tertiary/aromatic N) is 2. The van der Waals surface area contributed by atoms with Gasteiger partial charge in [0.05, 0.1) is 0 Å². The lowest BCUT2D eigenvalue weighted by Crippen LogP contribution is -2.22. The van der Waals surface area contributed by atoms with Gasteiger partial charge in [-0.25, -0.2) is 9.97 Å². The summed E-state index contributed by atoms with van der Waals surface area (Å²) in [7, 11) is 0. The van der Waals surface area contributed by atoms with Crippen molar-refractivity contribution in [1.29, 1.82) is 0 Å². The zero-order valence-corrected chi connectivity index (χ0v) is 9.41. The van der Waals surface area contributed by atoms with Gasteiger partial charge in [-0.2, -0.15) is 0 Å². The van der Waals surface area contributed by atoms with Gasteiger partial charge in [0.1, 0.15) is 12.1 Å². The number of hydrogen-bond donors (Lipinski definition) is 1. The van der Waals surface area contributed by atoms with Crippen LogP contribution in [0.4, 0.5) is 5.82 Å². The summed E-state index contributed by atoms with van der Waals surface area (Å²) in [5.74, 6) is 0.900. The highest BCUT2D eigenvalue weighted by molar-refractivity contribution is 5.32. The minimum atomic E-state index is 0.347. The van der Waals surface area contributed by atoms with Gasteiger partial charge in [-0.3, -0.25) is 0 Å². The molecule has 0 aromatic carbocycles. The largest absolute Gasteiger partial charge is 0.368 e. The summed E-state index contributed by atoms with van der Waals surface area (Å²) in [6.45, 7) is 8.90. The minimum absolute atomic E-state index is 0.347. The fourth-order valence-corrected chi connectivity index (χ4v) is 1.60. The molecule has 1 unspecified atom stereocenters. The molecule has 0 aliphatic rings. The first-order valence-corrected chi connectivity index (χ1v) is 5.00. The molecule has 1 aromatic rings. The molecule has 0 bridgehead atoms. The van der Waals surface area contributed by atoms with Crippen molar-refractivity contribution in [2.24, 2.45) is 5.41 Å². The van der Waals surface area contributed by atoms with Crippen LogP contribution in [0, 0.1) is 5.41 Å². The summed E-state index contributed by atoms with van der Waals surface area (Å²) in [5.41, 5.74) is 0.347. The number of anilines is 1. The van der Waals surface area contributed by atoms with E-state index in [1.807, 2.05) is 6.07 Å². The molecule has 1 aromatic heterocycles. The molecule has 0 spiro atoms. The highest BCUT2D eigenvalue weighted by Crippen LogP contribution is 2.21. The predicted molar refractivity (Wildman–Crippen MR) is 59.2 cm³/mol. The summed E-state index contributed by atoms with van der Waals surface area (Å²) < 4.78 is 0. The van der Waals surface area contributed by atoms with E-state index in [0.717, 1.165) is 12.2 Å². The lowest BCUT2D eigenvalue weighted by molar-refractivity contribution is 0.357. The Morgan fingerprint density at radius 3 is 2.64 bits per heavy atom. The van der Waals surface area contributed by atoms with E-state index in [1.54, 1.807) is 12.5 Å². The molecule has 0 saturated heterocycles. The van der Waals surface area contributed by atoms with Crippen LogP contribution in [0.1, 0.15) is 34.1 Å². The van der Waals surface area contributed by atoms with Crippen molar-refractivity contribution in [3.63, 3.8) is 0 Å². The second-order valence-electron chi connectivity index (χ2n) is 4.90. The topological polar surface area (TPSA) is 37.8 Å². The maximum Gasteiger partial charge on any atom is 0.129 e. The van der Waals surface area contributed by atoms with Crippen LogP contribution in [0.25, 0.3) is 0 Å². The Bertz CT molecular complexity index is 264. The van der Waals surface area contributed by atoms with Crippen LogP contribution in [0.15, 0.2) is 18.6 Å². The molecule has 0 fully saturated rings. The van der Waals surface area contributed by atoms with Gasteiger partial charge in [0.15, 0.2) is 0 Å². The predicted octanol–water partition coefficient (Wildman–Crippen LogP) is 2.71. The summed E-state index contributed by atoms with van der Waals surface area (Å²) >= 11 is 0. The molecule has 1 atom stereocenters. The Labute approximate surface area is 86.0 Å². The van der Waals surface area contributed by atoms with Crippen molar-refractivity contribution in [1.82, 2.24) is 9.97 Å². The third kappa shape index (κ3) is 4.21. The summed E-state index contributed by atoms with van der Waals surface area (Å²) in [5, 5.41) is 3.35. The molecule has 3 nitrogen and oxygen atoms in total. The van der Waals surface area contributed by atoms with Crippen molar-refractivity contribution in [2.75, 3.05) is 5.32 Å². The number of rotatable bonds is 3. The van der Waals surface area contributed by atoms with Crippen molar-refractivity contribution in [3.8, 4) is 0 Å². The van der Waals surface area contributed by atoms with E-state index in [0.29, 0.717) is 11.5 Å². The van der Waals surface area contributed by atoms with E-state index in [-0.39, 0.29) is 0 Å². The smallest absolute Gasteiger partial charge is 0.129 e. The Morgan fingerprint density at radius 2 is 2.14 bits per heavy atom. The van der Waals surface area contributed by atoms with E-state index in [4.69, 9.17) is 0 Å². The highest BCUT2D eigenvalue weighted by atomic mass is 15.0. The second-order valence-corrected chi connectivity index (χ2v) is 4.90. The molecule has 1 heterocycles. The standard InChI is InChI=1S/C11H19N3/c1-9(7-11(2,3)4)14-10-5-6-12-8-13-10/h5-6,8-9H,7H2,1-4H3,(H,12,13,14). The zero-order valence-electron chi connectivity index (χ0n) is 9.41. The molecule has 3 heteroatoms. The van der Waals surface area contributed by atoms with Crippen LogP contribution < -0.4 is 5.32 Å². The third-order valence-corrected chi connectivity index (χ3v) is 1.89. The average molecular weight is 193 g/mol. The molecule has 1 rings (SSSR count). The molecule has 78 valence electrons. The molecule has 0 radical (unpaired) electrons. The van der Waals surface area contributed by atoms with Gasteiger partial charge >= 0.3 is 0 Å².